The van der Waals surface area contributed by atoms with Gasteiger partial charge in [-0.2, -0.15) is 0 Å². The van der Waals surface area contributed by atoms with Crippen molar-refractivity contribution in [1.82, 2.24) is 9.55 Å². The molecule has 0 aromatic carbocycles. The van der Waals surface area contributed by atoms with E-state index in [1.807, 2.05) is 0 Å². The molecule has 0 atom stereocenters. The Morgan fingerprint density at radius 2 is 2.27 bits per heavy atom. The van der Waals surface area contributed by atoms with Crippen molar-refractivity contribution in [1.29, 1.82) is 0 Å². The summed E-state index contributed by atoms with van der Waals surface area (Å²) in [4.78, 5) is 4.76. The number of aromatic nitrogens is 2. The van der Waals surface area contributed by atoms with E-state index in [0.29, 0.717) is 0 Å². The number of aryl methyl sites for hydroxylation is 2. The summed E-state index contributed by atoms with van der Waals surface area (Å²) in [6, 6.07) is 0. The van der Waals surface area contributed by atoms with Crippen LogP contribution in [0.3, 0.4) is 0 Å². The molecule has 0 saturated carbocycles. The van der Waals surface area contributed by atoms with Crippen molar-refractivity contribution in [2.75, 3.05) is 6.54 Å². The normalized spacial score (nSPS) is 15.3. The van der Waals surface area contributed by atoms with E-state index in [4.69, 9.17) is 10.7 Å². The second kappa shape index (κ2) is 4.79. The van der Waals surface area contributed by atoms with Crippen LogP contribution in [0.5, 0.6) is 0 Å². The SMILES string of the molecule is CCc1nc(CCCN)c2n1CCCC2. The number of hydrogen-bond acceptors (Lipinski definition) is 2. The molecule has 0 saturated heterocycles. The highest BCUT2D eigenvalue weighted by Crippen LogP contribution is 2.22. The molecule has 3 nitrogen and oxygen atoms in total. The first-order valence-electron chi connectivity index (χ1n) is 6.14. The molecule has 0 fully saturated rings. The molecule has 0 radical (unpaired) electrons. The van der Waals surface area contributed by atoms with Crippen LogP contribution in [0.4, 0.5) is 0 Å². The highest BCUT2D eigenvalue weighted by Gasteiger charge is 2.18. The van der Waals surface area contributed by atoms with Gasteiger partial charge in [-0.05, 0) is 38.6 Å². The third-order valence-electron chi connectivity index (χ3n) is 3.21. The number of nitrogens with zero attached hydrogens (tertiary/aromatic N) is 2. The second-order valence-corrected chi connectivity index (χ2v) is 4.28. The Balaban J connectivity index is 2.25. The largest absolute Gasteiger partial charge is 0.332 e. The van der Waals surface area contributed by atoms with Crippen LogP contribution >= 0.6 is 0 Å². The summed E-state index contributed by atoms with van der Waals surface area (Å²) in [5.41, 5.74) is 8.37. The number of hydrogen-bond donors (Lipinski definition) is 1. The van der Waals surface area contributed by atoms with Crippen LogP contribution in [0.1, 0.15) is 43.4 Å². The average Bonchev–Trinajstić information content (AvgIpc) is 2.65. The van der Waals surface area contributed by atoms with Gasteiger partial charge in [0.1, 0.15) is 5.82 Å². The van der Waals surface area contributed by atoms with Crippen LogP contribution in [0.2, 0.25) is 0 Å². The van der Waals surface area contributed by atoms with Crippen LogP contribution < -0.4 is 5.73 Å². The van der Waals surface area contributed by atoms with Gasteiger partial charge >= 0.3 is 0 Å². The van der Waals surface area contributed by atoms with Crippen molar-refractivity contribution < 1.29 is 0 Å². The van der Waals surface area contributed by atoms with E-state index in [9.17, 15) is 0 Å². The zero-order chi connectivity index (χ0) is 10.7. The maximum atomic E-state index is 5.56. The van der Waals surface area contributed by atoms with Crippen molar-refractivity contribution in [2.45, 2.75) is 52.0 Å². The molecule has 3 heteroatoms. The van der Waals surface area contributed by atoms with Gasteiger partial charge in [0.05, 0.1) is 5.69 Å². The zero-order valence-electron chi connectivity index (χ0n) is 9.63. The van der Waals surface area contributed by atoms with Gasteiger partial charge in [0.25, 0.3) is 0 Å². The van der Waals surface area contributed by atoms with E-state index in [1.54, 1.807) is 0 Å². The smallest absolute Gasteiger partial charge is 0.108 e. The predicted octanol–water partition coefficient (Wildman–Crippen LogP) is 1.67. The van der Waals surface area contributed by atoms with E-state index in [1.165, 1.54) is 43.0 Å². The number of imidazole rings is 1. The maximum Gasteiger partial charge on any atom is 0.108 e. The van der Waals surface area contributed by atoms with E-state index in [0.717, 1.165) is 25.8 Å². The molecule has 1 aliphatic heterocycles. The Bertz CT molecular complexity index is 328. The first-order chi connectivity index (χ1) is 7.36. The third kappa shape index (κ3) is 2.07. The van der Waals surface area contributed by atoms with Gasteiger partial charge in [0.2, 0.25) is 0 Å². The fraction of sp³-hybridized carbons (Fsp3) is 0.750. The molecule has 1 aromatic heterocycles. The fourth-order valence-corrected chi connectivity index (χ4v) is 2.44. The number of rotatable bonds is 4. The first-order valence-corrected chi connectivity index (χ1v) is 6.14. The average molecular weight is 207 g/mol. The van der Waals surface area contributed by atoms with E-state index in [2.05, 4.69) is 11.5 Å². The highest BCUT2D eigenvalue weighted by atomic mass is 15.1. The van der Waals surface area contributed by atoms with Gasteiger partial charge in [-0.25, -0.2) is 4.98 Å². The zero-order valence-corrected chi connectivity index (χ0v) is 9.63. The fourth-order valence-electron chi connectivity index (χ4n) is 2.44. The molecule has 1 aromatic rings. The minimum absolute atomic E-state index is 0.772. The quantitative estimate of drug-likeness (QED) is 0.816. The van der Waals surface area contributed by atoms with Gasteiger partial charge in [0, 0.05) is 18.7 Å². The standard InChI is InChI=1S/C12H21N3/c1-2-12-14-10(6-5-8-13)11-7-3-4-9-15(11)12/h2-9,13H2,1H3. The molecule has 0 aliphatic carbocycles. The highest BCUT2D eigenvalue weighted by molar-refractivity contribution is 5.19. The van der Waals surface area contributed by atoms with E-state index < -0.39 is 0 Å². The second-order valence-electron chi connectivity index (χ2n) is 4.28. The molecule has 2 heterocycles. The van der Waals surface area contributed by atoms with Crippen molar-refractivity contribution in [3.63, 3.8) is 0 Å². The van der Waals surface area contributed by atoms with Gasteiger partial charge in [0.15, 0.2) is 0 Å². The topological polar surface area (TPSA) is 43.8 Å². The maximum absolute atomic E-state index is 5.56. The first kappa shape index (κ1) is 10.7. The molecule has 84 valence electrons. The van der Waals surface area contributed by atoms with Crippen molar-refractivity contribution in [3.8, 4) is 0 Å². The molecule has 0 unspecified atom stereocenters. The molecular weight excluding hydrogens is 186 g/mol. The lowest BCUT2D eigenvalue weighted by Crippen LogP contribution is -2.13. The summed E-state index contributed by atoms with van der Waals surface area (Å²) in [6.07, 6.45) is 7.03. The Labute approximate surface area is 91.7 Å². The third-order valence-corrected chi connectivity index (χ3v) is 3.21. The molecule has 0 bridgehead atoms. The summed E-state index contributed by atoms with van der Waals surface area (Å²) in [6.45, 7) is 4.14. The van der Waals surface area contributed by atoms with Crippen molar-refractivity contribution in [2.24, 2.45) is 5.73 Å². The molecule has 0 spiro atoms. The van der Waals surface area contributed by atoms with E-state index >= 15 is 0 Å². The Kier molecular flexibility index (Phi) is 3.41. The van der Waals surface area contributed by atoms with Gasteiger partial charge in [-0.15, -0.1) is 0 Å². The van der Waals surface area contributed by atoms with Gasteiger partial charge < -0.3 is 10.3 Å². The monoisotopic (exact) mass is 207 g/mol. The van der Waals surface area contributed by atoms with Crippen LogP contribution in [0, 0.1) is 0 Å². The van der Waals surface area contributed by atoms with Gasteiger partial charge in [-0.3, -0.25) is 0 Å². The summed E-state index contributed by atoms with van der Waals surface area (Å²) in [7, 11) is 0. The van der Waals surface area contributed by atoms with Crippen LogP contribution in [-0.2, 0) is 25.8 Å². The number of nitrogens with two attached hydrogens (primary N) is 1. The summed E-state index contributed by atoms with van der Waals surface area (Å²) >= 11 is 0. The van der Waals surface area contributed by atoms with Crippen LogP contribution in [0.25, 0.3) is 0 Å². The molecule has 2 N–H and O–H groups in total. The Morgan fingerprint density at radius 3 is 3.00 bits per heavy atom. The van der Waals surface area contributed by atoms with Gasteiger partial charge in [-0.1, -0.05) is 6.92 Å². The molecule has 0 amide bonds. The minimum atomic E-state index is 0.772. The lowest BCUT2D eigenvalue weighted by molar-refractivity contribution is 0.513. The lowest BCUT2D eigenvalue weighted by atomic mass is 10.1. The summed E-state index contributed by atoms with van der Waals surface area (Å²) in [5, 5.41) is 0. The molecule has 1 aliphatic rings. The molecular formula is C12H21N3. The van der Waals surface area contributed by atoms with Crippen molar-refractivity contribution >= 4 is 0 Å². The lowest BCUT2D eigenvalue weighted by Gasteiger charge is -2.17. The summed E-state index contributed by atoms with van der Waals surface area (Å²) in [5.74, 6) is 1.27. The van der Waals surface area contributed by atoms with E-state index in [-0.39, 0.29) is 0 Å². The minimum Gasteiger partial charge on any atom is -0.332 e. The van der Waals surface area contributed by atoms with Crippen LogP contribution in [0.15, 0.2) is 0 Å². The summed E-state index contributed by atoms with van der Waals surface area (Å²) < 4.78 is 2.44. The molecule has 2 rings (SSSR count). The number of fused-ring (bicyclic) bond motifs is 1. The van der Waals surface area contributed by atoms with Crippen LogP contribution in [-0.4, -0.2) is 16.1 Å². The Morgan fingerprint density at radius 1 is 1.40 bits per heavy atom. The van der Waals surface area contributed by atoms with Crippen molar-refractivity contribution in [3.05, 3.63) is 17.2 Å². The predicted molar refractivity (Wildman–Crippen MR) is 61.9 cm³/mol. The Hall–Kier alpha value is -0.830. The molecule has 15 heavy (non-hydrogen) atoms.